The first-order chi connectivity index (χ1) is 15.8. The summed E-state index contributed by atoms with van der Waals surface area (Å²) in [5.41, 5.74) is 2.49. The zero-order valence-electron chi connectivity index (χ0n) is 18.2. The van der Waals surface area contributed by atoms with E-state index in [1.165, 1.54) is 29.4 Å². The highest BCUT2D eigenvalue weighted by molar-refractivity contribution is 6.21. The minimum atomic E-state index is -0.750. The SMILES string of the molecule is Cc1ccc(CN(C)C(=O)COC(=O)c2ccc3c(c2)C(=O)N(Cc2ccco2)C3=O)cc1. The van der Waals surface area contributed by atoms with Crippen LogP contribution in [0, 0.1) is 6.92 Å². The molecule has 0 saturated heterocycles. The maximum atomic E-state index is 12.7. The summed E-state index contributed by atoms with van der Waals surface area (Å²) in [5.74, 6) is -1.62. The summed E-state index contributed by atoms with van der Waals surface area (Å²) in [7, 11) is 1.63. The number of hydrogen-bond acceptors (Lipinski definition) is 6. The lowest BCUT2D eigenvalue weighted by Crippen LogP contribution is -2.30. The van der Waals surface area contributed by atoms with Crippen molar-refractivity contribution in [2.24, 2.45) is 0 Å². The van der Waals surface area contributed by atoms with Crippen LogP contribution < -0.4 is 0 Å². The van der Waals surface area contributed by atoms with Gasteiger partial charge in [0.2, 0.25) is 0 Å². The number of rotatable bonds is 7. The number of esters is 1. The second kappa shape index (κ2) is 9.12. The topological polar surface area (TPSA) is 97.1 Å². The Morgan fingerprint density at radius 2 is 1.73 bits per heavy atom. The van der Waals surface area contributed by atoms with Crippen molar-refractivity contribution in [2.45, 2.75) is 20.0 Å². The lowest BCUT2D eigenvalue weighted by molar-refractivity contribution is -0.133. The molecule has 0 atom stereocenters. The molecule has 2 heterocycles. The van der Waals surface area contributed by atoms with Gasteiger partial charge in [-0.15, -0.1) is 0 Å². The average molecular weight is 446 g/mol. The maximum absolute atomic E-state index is 12.7. The number of likely N-dealkylation sites (N-methyl/N-ethyl adjacent to an activating group) is 1. The third kappa shape index (κ3) is 4.69. The first-order valence-corrected chi connectivity index (χ1v) is 10.3. The molecule has 2 aromatic carbocycles. The number of ether oxygens (including phenoxy) is 1. The Balaban J connectivity index is 1.37. The van der Waals surface area contributed by atoms with Gasteiger partial charge in [0.05, 0.1) is 29.5 Å². The van der Waals surface area contributed by atoms with Crippen molar-refractivity contribution in [3.8, 4) is 0 Å². The molecule has 0 fully saturated rings. The largest absolute Gasteiger partial charge is 0.467 e. The van der Waals surface area contributed by atoms with Crippen molar-refractivity contribution >= 4 is 23.7 Å². The third-order valence-electron chi connectivity index (χ3n) is 5.39. The van der Waals surface area contributed by atoms with Gasteiger partial charge in [0.1, 0.15) is 5.76 Å². The van der Waals surface area contributed by atoms with Crippen molar-refractivity contribution in [1.82, 2.24) is 9.80 Å². The van der Waals surface area contributed by atoms with Gasteiger partial charge in [-0.25, -0.2) is 4.79 Å². The summed E-state index contributed by atoms with van der Waals surface area (Å²) in [4.78, 5) is 52.6. The van der Waals surface area contributed by atoms with E-state index in [2.05, 4.69) is 0 Å². The summed E-state index contributed by atoms with van der Waals surface area (Å²) < 4.78 is 10.4. The van der Waals surface area contributed by atoms with Gasteiger partial charge in [0.15, 0.2) is 6.61 Å². The quantitative estimate of drug-likeness (QED) is 0.408. The Bertz CT molecular complexity index is 1210. The predicted octanol–water partition coefficient (Wildman–Crippen LogP) is 3.20. The van der Waals surface area contributed by atoms with Crippen LogP contribution in [0.15, 0.2) is 65.3 Å². The van der Waals surface area contributed by atoms with Crippen LogP contribution in [0.2, 0.25) is 0 Å². The molecular formula is C25H22N2O6. The minimum Gasteiger partial charge on any atom is -0.467 e. The van der Waals surface area contributed by atoms with Crippen LogP contribution in [0.1, 0.15) is 48.0 Å². The van der Waals surface area contributed by atoms with Crippen LogP contribution in [0.5, 0.6) is 0 Å². The minimum absolute atomic E-state index is 0.000938. The molecular weight excluding hydrogens is 424 g/mol. The number of imide groups is 1. The third-order valence-corrected chi connectivity index (χ3v) is 5.39. The van der Waals surface area contributed by atoms with Gasteiger partial charge in [-0.3, -0.25) is 19.3 Å². The Labute approximate surface area is 190 Å². The fraction of sp³-hybridized carbons (Fsp3) is 0.200. The molecule has 0 aliphatic carbocycles. The smallest absolute Gasteiger partial charge is 0.338 e. The number of carbonyl (C=O) groups is 4. The Kier molecular flexibility index (Phi) is 6.08. The van der Waals surface area contributed by atoms with Gasteiger partial charge in [-0.05, 0) is 42.8 Å². The Morgan fingerprint density at radius 1 is 1.00 bits per heavy atom. The number of aryl methyl sites for hydroxylation is 1. The van der Waals surface area contributed by atoms with E-state index in [1.54, 1.807) is 19.2 Å². The van der Waals surface area contributed by atoms with E-state index in [9.17, 15) is 19.2 Å². The molecule has 33 heavy (non-hydrogen) atoms. The fourth-order valence-electron chi connectivity index (χ4n) is 3.50. The van der Waals surface area contributed by atoms with Gasteiger partial charge in [0, 0.05) is 13.6 Å². The average Bonchev–Trinajstić information content (AvgIpc) is 3.41. The summed E-state index contributed by atoms with van der Waals surface area (Å²) in [6, 6.07) is 15.3. The lowest BCUT2D eigenvalue weighted by atomic mass is 10.1. The molecule has 0 bridgehead atoms. The summed E-state index contributed by atoms with van der Waals surface area (Å²) in [6.07, 6.45) is 1.46. The van der Waals surface area contributed by atoms with Crippen LogP contribution >= 0.6 is 0 Å². The highest BCUT2D eigenvalue weighted by Crippen LogP contribution is 2.26. The van der Waals surface area contributed by atoms with E-state index < -0.39 is 24.4 Å². The van der Waals surface area contributed by atoms with E-state index in [0.717, 1.165) is 16.0 Å². The normalized spacial score (nSPS) is 12.6. The molecule has 0 N–H and O–H groups in total. The molecule has 0 unspecified atom stereocenters. The Hall–Kier alpha value is -4.20. The second-order valence-electron chi connectivity index (χ2n) is 7.85. The van der Waals surface area contributed by atoms with Gasteiger partial charge in [-0.1, -0.05) is 29.8 Å². The van der Waals surface area contributed by atoms with Gasteiger partial charge in [-0.2, -0.15) is 0 Å². The number of nitrogens with zero attached hydrogens (tertiary/aromatic N) is 2. The van der Waals surface area contributed by atoms with Crippen LogP contribution in [-0.2, 0) is 22.6 Å². The first kappa shape index (κ1) is 22.0. The van der Waals surface area contributed by atoms with Crippen LogP contribution in [0.25, 0.3) is 0 Å². The zero-order valence-corrected chi connectivity index (χ0v) is 18.2. The van der Waals surface area contributed by atoms with E-state index in [4.69, 9.17) is 9.15 Å². The van der Waals surface area contributed by atoms with Gasteiger partial charge < -0.3 is 14.1 Å². The molecule has 8 heteroatoms. The predicted molar refractivity (Wildman–Crippen MR) is 117 cm³/mol. The zero-order chi connectivity index (χ0) is 23.5. The van der Waals surface area contributed by atoms with Crippen molar-refractivity contribution in [3.63, 3.8) is 0 Å². The van der Waals surface area contributed by atoms with E-state index in [1.807, 2.05) is 31.2 Å². The molecule has 168 valence electrons. The Morgan fingerprint density at radius 3 is 2.42 bits per heavy atom. The first-order valence-electron chi connectivity index (χ1n) is 10.3. The van der Waals surface area contributed by atoms with E-state index >= 15 is 0 Å². The number of benzene rings is 2. The number of furan rings is 1. The van der Waals surface area contributed by atoms with Crippen molar-refractivity contribution in [3.05, 3.63) is 94.4 Å². The second-order valence-corrected chi connectivity index (χ2v) is 7.85. The molecule has 1 aliphatic rings. The lowest BCUT2D eigenvalue weighted by Gasteiger charge is -2.17. The molecule has 0 saturated carbocycles. The summed E-state index contributed by atoms with van der Waals surface area (Å²) in [5, 5.41) is 0. The van der Waals surface area contributed by atoms with Gasteiger partial charge >= 0.3 is 5.97 Å². The molecule has 8 nitrogen and oxygen atoms in total. The number of fused-ring (bicyclic) bond motifs is 1. The monoisotopic (exact) mass is 446 g/mol. The molecule has 1 aromatic heterocycles. The van der Waals surface area contributed by atoms with Crippen LogP contribution in [0.4, 0.5) is 0 Å². The van der Waals surface area contributed by atoms with Crippen molar-refractivity contribution in [1.29, 1.82) is 0 Å². The molecule has 3 amide bonds. The number of hydrogen-bond donors (Lipinski definition) is 0. The van der Waals surface area contributed by atoms with Crippen LogP contribution in [-0.4, -0.2) is 47.1 Å². The summed E-state index contributed by atoms with van der Waals surface area (Å²) in [6.45, 7) is 1.94. The van der Waals surface area contributed by atoms with Crippen molar-refractivity contribution < 1.29 is 28.3 Å². The standard InChI is InChI=1S/C25H22N2O6/c1-16-5-7-17(8-6-16)13-26(2)22(28)15-33-25(31)18-9-10-20-21(12-18)24(30)27(23(20)29)14-19-4-3-11-32-19/h3-12H,13-15H2,1-2H3. The highest BCUT2D eigenvalue weighted by atomic mass is 16.5. The van der Waals surface area contributed by atoms with Crippen LogP contribution in [0.3, 0.4) is 0 Å². The number of amides is 3. The fourth-order valence-corrected chi connectivity index (χ4v) is 3.50. The van der Waals surface area contributed by atoms with E-state index in [-0.39, 0.29) is 29.1 Å². The molecule has 1 aliphatic heterocycles. The molecule has 4 rings (SSSR count). The summed E-state index contributed by atoms with van der Waals surface area (Å²) >= 11 is 0. The number of carbonyl (C=O) groups excluding carboxylic acids is 4. The maximum Gasteiger partial charge on any atom is 0.338 e. The highest BCUT2D eigenvalue weighted by Gasteiger charge is 2.36. The van der Waals surface area contributed by atoms with E-state index in [0.29, 0.717) is 12.3 Å². The van der Waals surface area contributed by atoms with Gasteiger partial charge in [0.25, 0.3) is 17.7 Å². The molecule has 0 spiro atoms. The van der Waals surface area contributed by atoms with Crippen molar-refractivity contribution in [2.75, 3.05) is 13.7 Å². The molecule has 0 radical (unpaired) electrons. The molecule has 3 aromatic rings.